The molecule has 27 heavy (non-hydrogen) atoms. The standard InChI is InChI=1S/C21H30N2O4/c1-15-7-9-21(10-8-15)23(20(25)17-6-4-5-16(2)13-17)18(14-27-21)19(24)22-11-12-26-3/h4-6,13,15,18H,7-12,14H2,1-3H3,(H,22,24)/t15?,18-,21?/m0/s1. The highest BCUT2D eigenvalue weighted by Gasteiger charge is 2.53. The Morgan fingerprint density at radius 1 is 1.33 bits per heavy atom. The Morgan fingerprint density at radius 3 is 2.74 bits per heavy atom. The first-order chi connectivity index (χ1) is 13.0. The van der Waals surface area contributed by atoms with Gasteiger partial charge in [-0.1, -0.05) is 24.6 Å². The molecule has 1 atom stereocenters. The van der Waals surface area contributed by atoms with Crippen molar-refractivity contribution in [2.24, 2.45) is 5.92 Å². The van der Waals surface area contributed by atoms with Crippen molar-refractivity contribution < 1.29 is 19.1 Å². The van der Waals surface area contributed by atoms with Crippen molar-refractivity contribution in [1.82, 2.24) is 10.2 Å². The molecule has 1 heterocycles. The molecule has 1 saturated heterocycles. The average Bonchev–Trinajstić information content (AvgIpc) is 3.03. The number of carbonyl (C=O) groups excluding carboxylic acids is 2. The molecule has 1 saturated carbocycles. The van der Waals surface area contributed by atoms with Crippen molar-refractivity contribution in [3.8, 4) is 0 Å². The van der Waals surface area contributed by atoms with Gasteiger partial charge in [-0.3, -0.25) is 14.5 Å². The second-order valence-corrected chi connectivity index (χ2v) is 7.78. The third kappa shape index (κ3) is 4.17. The lowest BCUT2D eigenvalue weighted by molar-refractivity contribution is -0.128. The summed E-state index contributed by atoms with van der Waals surface area (Å²) in [6.07, 6.45) is 3.53. The third-order valence-corrected chi connectivity index (χ3v) is 5.71. The first-order valence-corrected chi connectivity index (χ1v) is 9.78. The highest BCUT2D eigenvalue weighted by molar-refractivity contribution is 5.98. The summed E-state index contributed by atoms with van der Waals surface area (Å²) in [6, 6.07) is 6.92. The van der Waals surface area contributed by atoms with E-state index >= 15 is 0 Å². The van der Waals surface area contributed by atoms with Crippen molar-refractivity contribution in [2.75, 3.05) is 26.9 Å². The van der Waals surface area contributed by atoms with Crippen LogP contribution < -0.4 is 5.32 Å². The van der Waals surface area contributed by atoms with Crippen molar-refractivity contribution in [1.29, 1.82) is 0 Å². The van der Waals surface area contributed by atoms with Gasteiger partial charge in [0.2, 0.25) is 5.91 Å². The molecular weight excluding hydrogens is 344 g/mol. The van der Waals surface area contributed by atoms with Crippen molar-refractivity contribution in [2.45, 2.75) is 51.3 Å². The summed E-state index contributed by atoms with van der Waals surface area (Å²) in [6.45, 7) is 5.29. The summed E-state index contributed by atoms with van der Waals surface area (Å²) in [7, 11) is 1.59. The van der Waals surface area contributed by atoms with Crippen LogP contribution >= 0.6 is 0 Å². The van der Waals surface area contributed by atoms with E-state index in [4.69, 9.17) is 9.47 Å². The molecule has 1 N–H and O–H groups in total. The maximum absolute atomic E-state index is 13.4. The first-order valence-electron chi connectivity index (χ1n) is 9.78. The fraction of sp³-hybridized carbons (Fsp3) is 0.619. The maximum atomic E-state index is 13.4. The minimum atomic E-state index is -0.670. The van der Waals surface area contributed by atoms with Crippen LogP contribution in [0.1, 0.15) is 48.5 Å². The van der Waals surface area contributed by atoms with E-state index in [0.29, 0.717) is 24.6 Å². The summed E-state index contributed by atoms with van der Waals surface area (Å²) in [4.78, 5) is 27.9. The lowest BCUT2D eigenvalue weighted by Crippen LogP contribution is -2.57. The molecule has 148 valence electrons. The van der Waals surface area contributed by atoms with Gasteiger partial charge in [-0.25, -0.2) is 0 Å². The predicted octanol–water partition coefficient (Wildman–Crippen LogP) is 2.51. The van der Waals surface area contributed by atoms with Crippen molar-refractivity contribution in [3.05, 3.63) is 35.4 Å². The monoisotopic (exact) mass is 374 g/mol. The van der Waals surface area contributed by atoms with Gasteiger partial charge in [-0.2, -0.15) is 0 Å². The zero-order valence-corrected chi connectivity index (χ0v) is 16.5. The second-order valence-electron chi connectivity index (χ2n) is 7.78. The fourth-order valence-electron chi connectivity index (χ4n) is 4.09. The minimum absolute atomic E-state index is 0.127. The molecule has 0 unspecified atom stereocenters. The Hall–Kier alpha value is -1.92. The van der Waals surface area contributed by atoms with Gasteiger partial charge >= 0.3 is 0 Å². The average molecular weight is 374 g/mol. The van der Waals surface area contributed by atoms with E-state index in [1.807, 2.05) is 31.2 Å². The summed E-state index contributed by atoms with van der Waals surface area (Å²) in [5, 5.41) is 2.87. The van der Waals surface area contributed by atoms with Crippen LogP contribution in [0.25, 0.3) is 0 Å². The van der Waals surface area contributed by atoms with Gasteiger partial charge in [0, 0.05) is 19.2 Å². The summed E-state index contributed by atoms with van der Waals surface area (Å²) in [5.74, 6) is 0.311. The number of rotatable bonds is 5. The quantitative estimate of drug-likeness (QED) is 0.804. The van der Waals surface area contributed by atoms with Gasteiger partial charge in [0.25, 0.3) is 5.91 Å². The molecule has 3 rings (SSSR count). The van der Waals surface area contributed by atoms with Crippen LogP contribution in [0.4, 0.5) is 0 Å². The normalized spacial score (nSPS) is 27.7. The highest BCUT2D eigenvalue weighted by atomic mass is 16.5. The lowest BCUT2D eigenvalue weighted by atomic mass is 9.83. The second kappa shape index (κ2) is 8.40. The van der Waals surface area contributed by atoms with E-state index in [2.05, 4.69) is 12.2 Å². The fourth-order valence-corrected chi connectivity index (χ4v) is 4.09. The number of benzene rings is 1. The Balaban J connectivity index is 1.87. The highest BCUT2D eigenvalue weighted by Crippen LogP contribution is 2.43. The van der Waals surface area contributed by atoms with Gasteiger partial charge in [0.05, 0.1) is 13.2 Å². The minimum Gasteiger partial charge on any atom is -0.383 e. The molecule has 2 aliphatic rings. The Labute approximate surface area is 161 Å². The molecule has 1 aromatic rings. The maximum Gasteiger partial charge on any atom is 0.256 e. The molecule has 6 nitrogen and oxygen atoms in total. The largest absolute Gasteiger partial charge is 0.383 e. The van der Waals surface area contributed by atoms with E-state index in [9.17, 15) is 9.59 Å². The lowest BCUT2D eigenvalue weighted by Gasteiger charge is -2.43. The molecule has 2 amide bonds. The van der Waals surface area contributed by atoms with E-state index in [-0.39, 0.29) is 18.4 Å². The molecule has 0 aromatic heterocycles. The van der Waals surface area contributed by atoms with E-state index in [1.54, 1.807) is 12.0 Å². The number of methoxy groups -OCH3 is 1. The van der Waals surface area contributed by atoms with Gasteiger partial charge in [-0.15, -0.1) is 0 Å². The number of hydrogen-bond donors (Lipinski definition) is 1. The number of aryl methyl sites for hydroxylation is 1. The van der Waals surface area contributed by atoms with Gasteiger partial charge in [-0.05, 0) is 50.7 Å². The summed E-state index contributed by atoms with van der Waals surface area (Å²) in [5.41, 5.74) is 0.956. The van der Waals surface area contributed by atoms with Crippen molar-refractivity contribution >= 4 is 11.8 Å². The molecule has 2 fully saturated rings. The predicted molar refractivity (Wildman–Crippen MR) is 102 cm³/mol. The van der Waals surface area contributed by atoms with Gasteiger partial charge in [0.1, 0.15) is 11.8 Å². The van der Waals surface area contributed by atoms with E-state index in [1.165, 1.54) is 0 Å². The van der Waals surface area contributed by atoms with Crippen LogP contribution in [-0.2, 0) is 14.3 Å². The smallest absolute Gasteiger partial charge is 0.256 e. The first kappa shape index (κ1) is 19.8. The Kier molecular flexibility index (Phi) is 6.17. The Morgan fingerprint density at radius 2 is 2.07 bits per heavy atom. The number of carbonyl (C=O) groups is 2. The Bertz CT molecular complexity index is 683. The van der Waals surface area contributed by atoms with Crippen LogP contribution in [0, 0.1) is 12.8 Å². The van der Waals surface area contributed by atoms with Crippen LogP contribution in [0.2, 0.25) is 0 Å². The van der Waals surface area contributed by atoms with Gasteiger partial charge < -0.3 is 14.8 Å². The topological polar surface area (TPSA) is 67.9 Å². The van der Waals surface area contributed by atoms with Crippen molar-refractivity contribution in [3.63, 3.8) is 0 Å². The van der Waals surface area contributed by atoms with E-state index in [0.717, 1.165) is 31.2 Å². The molecule has 1 spiro atoms. The summed E-state index contributed by atoms with van der Waals surface area (Å²) < 4.78 is 11.2. The number of nitrogens with zero attached hydrogens (tertiary/aromatic N) is 1. The number of ether oxygens (including phenoxy) is 2. The summed E-state index contributed by atoms with van der Waals surface area (Å²) >= 11 is 0. The van der Waals surface area contributed by atoms with Gasteiger partial charge in [0.15, 0.2) is 0 Å². The zero-order valence-electron chi connectivity index (χ0n) is 16.5. The third-order valence-electron chi connectivity index (χ3n) is 5.71. The number of hydrogen-bond acceptors (Lipinski definition) is 4. The number of amides is 2. The molecule has 1 aliphatic heterocycles. The molecule has 0 radical (unpaired) electrons. The van der Waals surface area contributed by atoms with Crippen LogP contribution in [-0.4, -0.2) is 55.3 Å². The van der Waals surface area contributed by atoms with Crippen LogP contribution in [0.5, 0.6) is 0 Å². The molecule has 1 aliphatic carbocycles. The molecule has 1 aromatic carbocycles. The van der Waals surface area contributed by atoms with Crippen LogP contribution in [0.15, 0.2) is 24.3 Å². The molecular formula is C21H30N2O4. The number of nitrogens with one attached hydrogen (secondary N) is 1. The van der Waals surface area contributed by atoms with Crippen LogP contribution in [0.3, 0.4) is 0 Å². The van der Waals surface area contributed by atoms with E-state index < -0.39 is 11.8 Å². The molecule has 0 bridgehead atoms. The SMILES string of the molecule is COCCNC(=O)[C@@H]1COC2(CCC(C)CC2)N1C(=O)c1cccc(C)c1. The molecule has 6 heteroatoms. The zero-order chi connectivity index (χ0) is 19.4.